The molecule has 1 atom stereocenters. The summed E-state index contributed by atoms with van der Waals surface area (Å²) >= 11 is 7.90. The summed E-state index contributed by atoms with van der Waals surface area (Å²) in [6.07, 6.45) is 0. The number of nitrogens with zero attached hydrogens (tertiary/aromatic N) is 3. The van der Waals surface area contributed by atoms with Crippen molar-refractivity contribution in [2.45, 2.75) is 18.7 Å². The second kappa shape index (κ2) is 6.02. The molecule has 1 aliphatic rings. The molecule has 0 N–H and O–H groups in total. The molecule has 116 valence electrons. The lowest BCUT2D eigenvalue weighted by Gasteiger charge is -2.11. The Morgan fingerprint density at radius 2 is 2.04 bits per heavy atom. The van der Waals surface area contributed by atoms with Crippen LogP contribution in [-0.2, 0) is 6.54 Å². The first-order chi connectivity index (χ1) is 11.2. The quantitative estimate of drug-likeness (QED) is 0.651. The highest BCUT2D eigenvalue weighted by molar-refractivity contribution is 8.15. The molecule has 0 radical (unpaired) electrons. The number of thioether (sulfide) groups is 1. The number of rotatable bonds is 3. The molecule has 0 bridgehead atoms. The third-order valence-corrected chi connectivity index (χ3v) is 5.25. The van der Waals surface area contributed by atoms with Gasteiger partial charge in [-0.3, -0.25) is 4.99 Å². The highest BCUT2D eigenvalue weighted by Gasteiger charge is 2.21. The smallest absolute Gasteiger partial charge is 0.129 e. The van der Waals surface area contributed by atoms with Gasteiger partial charge in [0.25, 0.3) is 0 Å². The van der Waals surface area contributed by atoms with E-state index in [-0.39, 0.29) is 0 Å². The lowest BCUT2D eigenvalue weighted by atomic mass is 10.2. The zero-order chi connectivity index (χ0) is 15.8. The van der Waals surface area contributed by atoms with Crippen LogP contribution in [0.25, 0.3) is 11.0 Å². The maximum Gasteiger partial charge on any atom is 0.129 e. The lowest BCUT2D eigenvalue weighted by Crippen LogP contribution is -2.08. The Bertz CT molecular complexity index is 886. The number of pyridine rings is 1. The first-order valence-corrected chi connectivity index (χ1v) is 8.87. The summed E-state index contributed by atoms with van der Waals surface area (Å²) in [4.78, 5) is 9.17. The molecule has 23 heavy (non-hydrogen) atoms. The fourth-order valence-electron chi connectivity index (χ4n) is 2.85. The van der Waals surface area contributed by atoms with Crippen LogP contribution in [-0.4, -0.2) is 26.4 Å². The third-order valence-electron chi connectivity index (χ3n) is 3.93. The number of halogens is 1. The number of aromatic nitrogens is 2. The Balaban J connectivity index is 1.85. The largest absolute Gasteiger partial charge is 0.333 e. The molecule has 5 heteroatoms. The number of benzene rings is 1. The van der Waals surface area contributed by atoms with E-state index in [4.69, 9.17) is 16.6 Å². The van der Waals surface area contributed by atoms with Crippen molar-refractivity contribution in [1.82, 2.24) is 9.55 Å². The van der Waals surface area contributed by atoms with Crippen molar-refractivity contribution in [2.75, 3.05) is 6.54 Å². The summed E-state index contributed by atoms with van der Waals surface area (Å²) in [6, 6.07) is 16.5. The number of fused-ring (bicyclic) bond motifs is 1. The molecule has 1 aliphatic heterocycles. The average Bonchev–Trinajstić information content (AvgIpc) is 3.12. The maximum atomic E-state index is 6.07. The minimum atomic E-state index is 0.523. The fourth-order valence-corrected chi connectivity index (χ4v) is 3.97. The summed E-state index contributed by atoms with van der Waals surface area (Å²) < 4.78 is 2.29. The molecule has 0 fully saturated rings. The molecule has 0 amide bonds. The van der Waals surface area contributed by atoms with Gasteiger partial charge in [0.1, 0.15) is 10.2 Å². The SMILES string of the molecule is CC1CN=C(c2cc3nc(Cl)ccc3n2Cc2ccccc2)S1. The Hall–Kier alpha value is -1.78. The van der Waals surface area contributed by atoms with Gasteiger partial charge in [0, 0.05) is 11.8 Å². The summed E-state index contributed by atoms with van der Waals surface area (Å²) in [5.41, 5.74) is 4.41. The first kappa shape index (κ1) is 14.8. The van der Waals surface area contributed by atoms with E-state index in [9.17, 15) is 0 Å². The zero-order valence-corrected chi connectivity index (χ0v) is 14.3. The number of hydrogen-bond acceptors (Lipinski definition) is 3. The topological polar surface area (TPSA) is 30.2 Å². The van der Waals surface area contributed by atoms with E-state index in [2.05, 4.69) is 46.8 Å². The summed E-state index contributed by atoms with van der Waals surface area (Å²) in [5.74, 6) is 0. The van der Waals surface area contributed by atoms with Crippen molar-refractivity contribution in [1.29, 1.82) is 0 Å². The zero-order valence-electron chi connectivity index (χ0n) is 12.7. The van der Waals surface area contributed by atoms with E-state index in [1.54, 1.807) is 0 Å². The van der Waals surface area contributed by atoms with Gasteiger partial charge in [-0.15, -0.1) is 0 Å². The Kier molecular flexibility index (Phi) is 3.87. The van der Waals surface area contributed by atoms with Gasteiger partial charge in [-0.05, 0) is 23.8 Å². The van der Waals surface area contributed by atoms with Crippen LogP contribution in [0.2, 0.25) is 5.15 Å². The second-order valence-electron chi connectivity index (χ2n) is 5.71. The molecule has 0 saturated carbocycles. The average molecular weight is 342 g/mol. The van der Waals surface area contributed by atoms with Crippen LogP contribution < -0.4 is 0 Å². The van der Waals surface area contributed by atoms with Crippen molar-refractivity contribution >= 4 is 39.4 Å². The maximum absolute atomic E-state index is 6.07. The van der Waals surface area contributed by atoms with Crippen LogP contribution in [0.4, 0.5) is 0 Å². The molecular weight excluding hydrogens is 326 g/mol. The van der Waals surface area contributed by atoms with Crippen LogP contribution in [0.15, 0.2) is 53.5 Å². The molecule has 0 aliphatic carbocycles. The molecule has 2 aromatic heterocycles. The van der Waals surface area contributed by atoms with Gasteiger partial charge in [-0.2, -0.15) is 0 Å². The first-order valence-electron chi connectivity index (χ1n) is 7.62. The van der Waals surface area contributed by atoms with E-state index in [0.29, 0.717) is 10.4 Å². The van der Waals surface area contributed by atoms with Crippen LogP contribution in [0, 0.1) is 0 Å². The predicted octanol–water partition coefficient (Wildman–Crippen LogP) is 4.62. The molecule has 0 spiro atoms. The second-order valence-corrected chi connectivity index (χ2v) is 7.53. The minimum absolute atomic E-state index is 0.523. The van der Waals surface area contributed by atoms with Gasteiger partial charge in [0.2, 0.25) is 0 Å². The molecule has 3 aromatic rings. The Morgan fingerprint density at radius 3 is 2.78 bits per heavy atom. The third kappa shape index (κ3) is 2.89. The van der Waals surface area contributed by atoms with Crippen LogP contribution >= 0.6 is 23.4 Å². The van der Waals surface area contributed by atoms with Gasteiger partial charge in [-0.1, -0.05) is 60.6 Å². The van der Waals surface area contributed by atoms with Gasteiger partial charge in [-0.25, -0.2) is 4.98 Å². The van der Waals surface area contributed by atoms with Gasteiger partial charge in [0.05, 0.1) is 23.3 Å². The van der Waals surface area contributed by atoms with E-state index >= 15 is 0 Å². The van der Waals surface area contributed by atoms with E-state index in [1.807, 2.05) is 30.0 Å². The van der Waals surface area contributed by atoms with Crippen LogP contribution in [0.1, 0.15) is 18.2 Å². The van der Waals surface area contributed by atoms with E-state index < -0.39 is 0 Å². The van der Waals surface area contributed by atoms with Crippen molar-refractivity contribution in [2.24, 2.45) is 4.99 Å². The highest BCUT2D eigenvalue weighted by atomic mass is 35.5. The van der Waals surface area contributed by atoms with Crippen molar-refractivity contribution in [3.05, 3.63) is 64.9 Å². The monoisotopic (exact) mass is 341 g/mol. The molecule has 3 heterocycles. The van der Waals surface area contributed by atoms with E-state index in [0.717, 1.165) is 34.9 Å². The highest BCUT2D eigenvalue weighted by Crippen LogP contribution is 2.30. The standard InChI is InChI=1S/C18H16ClN3S/c1-12-10-20-18(23-12)16-9-14-15(7-8-17(19)21-14)22(16)11-13-5-3-2-4-6-13/h2-9,12H,10-11H2,1H3. The van der Waals surface area contributed by atoms with Gasteiger partial charge >= 0.3 is 0 Å². The number of hydrogen-bond donors (Lipinski definition) is 0. The summed E-state index contributed by atoms with van der Waals surface area (Å²) in [5, 5.41) is 2.16. The molecule has 4 rings (SSSR count). The molecule has 1 aromatic carbocycles. The Morgan fingerprint density at radius 1 is 1.22 bits per heavy atom. The van der Waals surface area contributed by atoms with Crippen LogP contribution in [0.3, 0.4) is 0 Å². The normalized spacial score (nSPS) is 17.7. The Labute approximate surface area is 144 Å². The number of aliphatic imine (C=N–C) groups is 1. The van der Waals surface area contributed by atoms with Crippen molar-refractivity contribution < 1.29 is 0 Å². The predicted molar refractivity (Wildman–Crippen MR) is 98.7 cm³/mol. The van der Waals surface area contributed by atoms with E-state index in [1.165, 1.54) is 5.56 Å². The van der Waals surface area contributed by atoms with Crippen molar-refractivity contribution in [3.63, 3.8) is 0 Å². The molecule has 3 nitrogen and oxygen atoms in total. The van der Waals surface area contributed by atoms with Crippen LogP contribution in [0.5, 0.6) is 0 Å². The molecule has 0 saturated heterocycles. The molecular formula is C18H16ClN3S. The van der Waals surface area contributed by atoms with Crippen molar-refractivity contribution in [3.8, 4) is 0 Å². The lowest BCUT2D eigenvalue weighted by molar-refractivity contribution is 0.828. The summed E-state index contributed by atoms with van der Waals surface area (Å²) in [6.45, 7) is 3.89. The van der Waals surface area contributed by atoms with Gasteiger partial charge in [0.15, 0.2) is 0 Å². The molecule has 1 unspecified atom stereocenters. The summed E-state index contributed by atoms with van der Waals surface area (Å²) in [7, 11) is 0. The fraction of sp³-hybridized carbons (Fsp3) is 0.222. The minimum Gasteiger partial charge on any atom is -0.333 e. The van der Waals surface area contributed by atoms with Gasteiger partial charge < -0.3 is 4.57 Å².